The lowest BCUT2D eigenvalue weighted by molar-refractivity contribution is 0.318. The maximum absolute atomic E-state index is 12.2. The molecule has 8 heteroatoms. The van der Waals surface area contributed by atoms with Crippen molar-refractivity contribution in [2.45, 2.75) is 0 Å². The Morgan fingerprint density at radius 2 is 1.44 bits per heavy atom. The van der Waals surface area contributed by atoms with Gasteiger partial charge in [0.05, 0.1) is 0 Å². The van der Waals surface area contributed by atoms with Crippen LogP contribution in [-0.4, -0.2) is 72.0 Å². The molecule has 2 fully saturated rings. The van der Waals surface area contributed by atoms with Gasteiger partial charge in [0.1, 0.15) is 0 Å². The minimum Gasteiger partial charge on any atom is -0.314 e. The van der Waals surface area contributed by atoms with Crippen molar-refractivity contribution in [1.82, 2.24) is 13.9 Å². The Morgan fingerprint density at radius 3 is 2.00 bits per heavy atom. The van der Waals surface area contributed by atoms with Crippen LogP contribution in [0.15, 0.2) is 0 Å². The number of hydrogen-bond donors (Lipinski definition) is 1. The predicted octanol–water partition coefficient (Wildman–Crippen LogP) is -1.80. The van der Waals surface area contributed by atoms with Gasteiger partial charge in [0.2, 0.25) is 0 Å². The van der Waals surface area contributed by atoms with E-state index in [0.717, 1.165) is 0 Å². The molecule has 1 N–H and O–H groups in total. The summed E-state index contributed by atoms with van der Waals surface area (Å²) < 4.78 is 38.5. The van der Waals surface area contributed by atoms with Crippen molar-refractivity contribution in [2.24, 2.45) is 0 Å². The molecule has 0 aromatic rings. The fourth-order valence-electron chi connectivity index (χ4n) is 1.89. The van der Waals surface area contributed by atoms with Crippen LogP contribution in [0, 0.1) is 0 Å². The molecule has 2 aliphatic heterocycles. The molecule has 0 saturated carbocycles. The summed E-state index contributed by atoms with van der Waals surface area (Å²) in [4.78, 5) is 0. The maximum atomic E-state index is 12.2. The van der Waals surface area contributed by atoms with Crippen molar-refractivity contribution in [3.63, 3.8) is 0 Å². The Morgan fingerprint density at radius 1 is 0.938 bits per heavy atom. The molecule has 94 valence electrons. The van der Waals surface area contributed by atoms with E-state index in [-0.39, 0.29) is 0 Å². The van der Waals surface area contributed by atoms with Gasteiger partial charge in [-0.1, -0.05) is 0 Å². The second-order valence-electron chi connectivity index (χ2n) is 3.90. The lowest BCUT2D eigenvalue weighted by Crippen LogP contribution is -2.54. The molecule has 0 atom stereocenters. The number of rotatable bonds is 2. The molecule has 0 aromatic carbocycles. The first-order valence-electron chi connectivity index (χ1n) is 5.41. The summed E-state index contributed by atoms with van der Waals surface area (Å²) in [6.07, 6.45) is 0. The number of nitrogens with zero attached hydrogens (tertiary/aromatic N) is 2. The van der Waals surface area contributed by atoms with Crippen LogP contribution in [0.3, 0.4) is 0 Å². The smallest absolute Gasteiger partial charge is 0.282 e. The first-order chi connectivity index (χ1) is 7.60. The standard InChI is InChI=1S/C8H17N3O3S2/c12-15-7-5-11(6-8-15)16(13,14)10-3-1-9-2-4-10/h9H,1-8H2. The summed E-state index contributed by atoms with van der Waals surface area (Å²) in [5, 5.41) is 3.12. The first kappa shape index (κ1) is 12.4. The van der Waals surface area contributed by atoms with Crippen LogP contribution in [0.5, 0.6) is 0 Å². The van der Waals surface area contributed by atoms with Crippen LogP contribution < -0.4 is 5.32 Å². The van der Waals surface area contributed by atoms with E-state index in [1.807, 2.05) is 0 Å². The Balaban J connectivity index is 2.03. The molecule has 2 heterocycles. The van der Waals surface area contributed by atoms with Crippen LogP contribution in [0.1, 0.15) is 0 Å². The third-order valence-electron chi connectivity index (χ3n) is 2.87. The van der Waals surface area contributed by atoms with Gasteiger partial charge in [-0.3, -0.25) is 4.21 Å². The zero-order chi connectivity index (χ0) is 11.6. The van der Waals surface area contributed by atoms with E-state index >= 15 is 0 Å². The quantitative estimate of drug-likeness (QED) is 0.641. The van der Waals surface area contributed by atoms with Crippen LogP contribution in [0.2, 0.25) is 0 Å². The van der Waals surface area contributed by atoms with E-state index in [9.17, 15) is 12.6 Å². The van der Waals surface area contributed by atoms with Crippen LogP contribution in [-0.2, 0) is 21.0 Å². The van der Waals surface area contributed by atoms with Crippen molar-refractivity contribution in [3.8, 4) is 0 Å². The van der Waals surface area contributed by atoms with Gasteiger partial charge in [-0.15, -0.1) is 0 Å². The third-order valence-corrected chi connectivity index (χ3v) is 6.18. The van der Waals surface area contributed by atoms with Crippen LogP contribution in [0.4, 0.5) is 0 Å². The highest BCUT2D eigenvalue weighted by Crippen LogP contribution is 2.12. The van der Waals surface area contributed by atoms with Gasteiger partial charge in [-0.2, -0.15) is 17.0 Å². The van der Waals surface area contributed by atoms with E-state index < -0.39 is 21.0 Å². The monoisotopic (exact) mass is 267 g/mol. The molecule has 16 heavy (non-hydrogen) atoms. The lowest BCUT2D eigenvalue weighted by Gasteiger charge is -2.33. The Labute approximate surface area is 98.6 Å². The predicted molar refractivity (Wildman–Crippen MR) is 62.8 cm³/mol. The Bertz CT molecular complexity index is 355. The molecule has 0 aliphatic carbocycles. The summed E-state index contributed by atoms with van der Waals surface area (Å²) in [7, 11) is -4.15. The molecule has 0 radical (unpaired) electrons. The van der Waals surface area contributed by atoms with E-state index in [1.54, 1.807) is 0 Å². The zero-order valence-corrected chi connectivity index (χ0v) is 10.7. The van der Waals surface area contributed by atoms with Crippen molar-refractivity contribution < 1.29 is 12.6 Å². The minimum atomic E-state index is -3.32. The summed E-state index contributed by atoms with van der Waals surface area (Å²) >= 11 is 0. The molecule has 6 nitrogen and oxygen atoms in total. The average Bonchev–Trinajstić information content (AvgIpc) is 2.31. The van der Waals surface area contributed by atoms with E-state index in [4.69, 9.17) is 0 Å². The lowest BCUT2D eigenvalue weighted by atomic mass is 10.4. The third kappa shape index (κ3) is 2.62. The molecule has 2 rings (SSSR count). The first-order valence-corrected chi connectivity index (χ1v) is 8.30. The van der Waals surface area contributed by atoms with Gasteiger partial charge in [0.25, 0.3) is 10.2 Å². The molecular weight excluding hydrogens is 250 g/mol. The van der Waals surface area contributed by atoms with Gasteiger partial charge in [0, 0.05) is 61.6 Å². The van der Waals surface area contributed by atoms with Crippen molar-refractivity contribution in [3.05, 3.63) is 0 Å². The summed E-state index contributed by atoms with van der Waals surface area (Å²) in [6, 6.07) is 0. The van der Waals surface area contributed by atoms with E-state index in [1.165, 1.54) is 8.61 Å². The summed E-state index contributed by atoms with van der Waals surface area (Å²) in [5.41, 5.74) is 0. The number of piperazine rings is 1. The fraction of sp³-hybridized carbons (Fsp3) is 1.00. The average molecular weight is 267 g/mol. The Kier molecular flexibility index (Phi) is 3.96. The highest BCUT2D eigenvalue weighted by atomic mass is 32.2. The van der Waals surface area contributed by atoms with Crippen molar-refractivity contribution in [1.29, 1.82) is 0 Å². The highest BCUT2D eigenvalue weighted by Gasteiger charge is 2.32. The van der Waals surface area contributed by atoms with Gasteiger partial charge in [-0.25, -0.2) is 0 Å². The molecule has 0 amide bonds. The van der Waals surface area contributed by atoms with Crippen molar-refractivity contribution >= 4 is 21.0 Å². The highest BCUT2D eigenvalue weighted by molar-refractivity contribution is 7.87. The fourth-order valence-corrected chi connectivity index (χ4v) is 4.79. The SMILES string of the molecule is O=S1CCN(S(=O)(=O)N2CCNCC2)CC1. The summed E-state index contributed by atoms with van der Waals surface area (Å²) in [5.74, 6) is 0.927. The van der Waals surface area contributed by atoms with Crippen LogP contribution in [0.25, 0.3) is 0 Å². The largest absolute Gasteiger partial charge is 0.314 e. The molecular formula is C8H17N3O3S2. The van der Waals surface area contributed by atoms with Gasteiger partial charge < -0.3 is 5.32 Å². The molecule has 0 aromatic heterocycles. The van der Waals surface area contributed by atoms with Gasteiger partial charge in [0.15, 0.2) is 0 Å². The molecule has 2 saturated heterocycles. The second-order valence-corrected chi connectivity index (χ2v) is 7.53. The van der Waals surface area contributed by atoms with E-state index in [2.05, 4.69) is 5.32 Å². The second kappa shape index (κ2) is 5.09. The zero-order valence-electron chi connectivity index (χ0n) is 9.09. The normalized spacial score (nSPS) is 27.0. The maximum Gasteiger partial charge on any atom is 0.282 e. The summed E-state index contributed by atoms with van der Waals surface area (Å²) in [6.45, 7) is 3.25. The van der Waals surface area contributed by atoms with Crippen LogP contribution >= 0.6 is 0 Å². The number of hydrogen-bond acceptors (Lipinski definition) is 4. The van der Waals surface area contributed by atoms with Gasteiger partial charge in [-0.05, 0) is 0 Å². The molecule has 2 aliphatic rings. The number of nitrogens with one attached hydrogen (secondary N) is 1. The van der Waals surface area contributed by atoms with E-state index in [0.29, 0.717) is 50.8 Å². The van der Waals surface area contributed by atoms with Crippen molar-refractivity contribution in [2.75, 3.05) is 50.8 Å². The molecule has 0 unspecified atom stereocenters. The van der Waals surface area contributed by atoms with Gasteiger partial charge >= 0.3 is 0 Å². The molecule has 0 bridgehead atoms. The topological polar surface area (TPSA) is 69.7 Å². The minimum absolute atomic E-state index is 0.388. The molecule has 0 spiro atoms. The Hall–Kier alpha value is -0.0200.